The number of hydrogen-bond donors (Lipinski definition) is 0. The summed E-state index contributed by atoms with van der Waals surface area (Å²) in [5, 5.41) is 0. The van der Waals surface area contributed by atoms with Crippen molar-refractivity contribution in [2.24, 2.45) is 17.3 Å². The summed E-state index contributed by atoms with van der Waals surface area (Å²) in [5.41, 5.74) is 0.659. The van der Waals surface area contributed by atoms with E-state index in [1.807, 2.05) is 0 Å². The number of rotatable bonds is 4. The molecule has 0 radical (unpaired) electrons. The van der Waals surface area contributed by atoms with Crippen molar-refractivity contribution in [2.75, 3.05) is 0 Å². The van der Waals surface area contributed by atoms with Crippen LogP contribution in [0.3, 0.4) is 0 Å². The number of hydrogen-bond acceptors (Lipinski definition) is 0. The first kappa shape index (κ1) is 10.1. The molecule has 0 nitrogen and oxygen atoms in total. The Morgan fingerprint density at radius 3 is 1.67 bits per heavy atom. The summed E-state index contributed by atoms with van der Waals surface area (Å²) in [6, 6.07) is 0. The minimum absolute atomic E-state index is 0.659. The van der Waals surface area contributed by atoms with E-state index in [4.69, 9.17) is 0 Å². The molecule has 1 aliphatic rings. The second-order valence-corrected chi connectivity index (χ2v) is 5.03. The molecule has 0 aromatic heterocycles. The third kappa shape index (κ3) is 1.67. The summed E-state index contributed by atoms with van der Waals surface area (Å²) >= 11 is 0. The molecule has 0 saturated heterocycles. The molecule has 2 atom stereocenters. The molecule has 72 valence electrons. The van der Waals surface area contributed by atoms with Crippen molar-refractivity contribution in [3.8, 4) is 0 Å². The molecule has 0 aliphatic heterocycles. The second-order valence-electron chi connectivity index (χ2n) is 5.03. The molecule has 0 amide bonds. The van der Waals surface area contributed by atoms with E-state index in [9.17, 15) is 0 Å². The zero-order valence-electron chi connectivity index (χ0n) is 9.19. The molecule has 0 aromatic rings. The van der Waals surface area contributed by atoms with Crippen LogP contribution in [0.4, 0.5) is 0 Å². The Labute approximate surface area is 77.7 Å². The highest BCUT2D eigenvalue weighted by molar-refractivity contribution is 4.95. The maximum atomic E-state index is 2.47. The lowest BCUT2D eigenvalue weighted by molar-refractivity contribution is -0.0308. The first-order chi connectivity index (χ1) is 5.62. The van der Waals surface area contributed by atoms with Crippen molar-refractivity contribution >= 4 is 0 Å². The van der Waals surface area contributed by atoms with Crippen molar-refractivity contribution in [2.45, 2.75) is 59.8 Å². The van der Waals surface area contributed by atoms with E-state index < -0.39 is 0 Å². The molecule has 0 heterocycles. The summed E-state index contributed by atoms with van der Waals surface area (Å²) in [6.07, 6.45) is 7.15. The van der Waals surface area contributed by atoms with E-state index >= 15 is 0 Å². The Hall–Kier alpha value is 0. The SMILES string of the molecule is CCCC1CC(CCC)C1(C)C. The van der Waals surface area contributed by atoms with Gasteiger partial charge in [0.15, 0.2) is 0 Å². The molecule has 0 aromatic carbocycles. The molecule has 0 spiro atoms. The van der Waals surface area contributed by atoms with E-state index in [-0.39, 0.29) is 0 Å². The van der Waals surface area contributed by atoms with Crippen LogP contribution in [0, 0.1) is 17.3 Å². The van der Waals surface area contributed by atoms with Gasteiger partial charge in [-0.2, -0.15) is 0 Å². The van der Waals surface area contributed by atoms with Crippen LogP contribution in [0.25, 0.3) is 0 Å². The van der Waals surface area contributed by atoms with Crippen LogP contribution < -0.4 is 0 Å². The summed E-state index contributed by atoms with van der Waals surface area (Å²) in [7, 11) is 0. The Balaban J connectivity index is 2.36. The highest BCUT2D eigenvalue weighted by Crippen LogP contribution is 2.54. The molecule has 1 fully saturated rings. The van der Waals surface area contributed by atoms with Crippen LogP contribution >= 0.6 is 0 Å². The van der Waals surface area contributed by atoms with Gasteiger partial charge < -0.3 is 0 Å². The normalized spacial score (nSPS) is 33.0. The summed E-state index contributed by atoms with van der Waals surface area (Å²) in [4.78, 5) is 0. The molecule has 1 rings (SSSR count). The average Bonchev–Trinajstić information content (AvgIpc) is 2.03. The van der Waals surface area contributed by atoms with Gasteiger partial charge in [-0.1, -0.05) is 53.4 Å². The van der Waals surface area contributed by atoms with Gasteiger partial charge in [-0.3, -0.25) is 0 Å². The lowest BCUT2D eigenvalue weighted by Crippen LogP contribution is -2.44. The fourth-order valence-electron chi connectivity index (χ4n) is 2.80. The van der Waals surface area contributed by atoms with E-state index in [1.54, 1.807) is 0 Å². The van der Waals surface area contributed by atoms with Gasteiger partial charge in [-0.15, -0.1) is 0 Å². The van der Waals surface area contributed by atoms with E-state index in [2.05, 4.69) is 27.7 Å². The van der Waals surface area contributed by atoms with Gasteiger partial charge in [0.1, 0.15) is 0 Å². The predicted molar refractivity (Wildman–Crippen MR) is 55.2 cm³/mol. The summed E-state index contributed by atoms with van der Waals surface area (Å²) in [5.74, 6) is 2.05. The molecule has 0 heteroatoms. The van der Waals surface area contributed by atoms with Crippen LogP contribution in [0.15, 0.2) is 0 Å². The van der Waals surface area contributed by atoms with Gasteiger partial charge in [0.2, 0.25) is 0 Å². The molecule has 0 bridgehead atoms. The van der Waals surface area contributed by atoms with Crippen molar-refractivity contribution in [3.63, 3.8) is 0 Å². The Morgan fingerprint density at radius 1 is 1.00 bits per heavy atom. The fraction of sp³-hybridized carbons (Fsp3) is 1.00. The summed E-state index contributed by atoms with van der Waals surface area (Å²) < 4.78 is 0. The van der Waals surface area contributed by atoms with Crippen LogP contribution in [0.5, 0.6) is 0 Å². The van der Waals surface area contributed by atoms with Crippen molar-refractivity contribution < 1.29 is 0 Å². The zero-order valence-corrected chi connectivity index (χ0v) is 9.19. The standard InChI is InChI=1S/C12H24/c1-5-7-10-9-11(8-6-2)12(10,3)4/h10-11H,5-9H2,1-4H3. The maximum absolute atomic E-state index is 2.47. The topological polar surface area (TPSA) is 0 Å². The lowest BCUT2D eigenvalue weighted by Gasteiger charge is -2.53. The molecule has 2 unspecified atom stereocenters. The van der Waals surface area contributed by atoms with Crippen molar-refractivity contribution in [3.05, 3.63) is 0 Å². The van der Waals surface area contributed by atoms with Crippen LogP contribution in [-0.2, 0) is 0 Å². The minimum Gasteiger partial charge on any atom is -0.0654 e. The smallest absolute Gasteiger partial charge is 0.0297 e. The predicted octanol–water partition coefficient (Wildman–Crippen LogP) is 4.25. The van der Waals surface area contributed by atoms with Crippen LogP contribution in [0.1, 0.15) is 59.8 Å². The van der Waals surface area contributed by atoms with Gasteiger partial charge >= 0.3 is 0 Å². The Morgan fingerprint density at radius 2 is 1.42 bits per heavy atom. The van der Waals surface area contributed by atoms with Crippen molar-refractivity contribution in [1.29, 1.82) is 0 Å². The van der Waals surface area contributed by atoms with E-state index in [0.29, 0.717) is 5.41 Å². The average molecular weight is 168 g/mol. The van der Waals surface area contributed by atoms with Gasteiger partial charge in [-0.25, -0.2) is 0 Å². The van der Waals surface area contributed by atoms with Crippen LogP contribution in [0.2, 0.25) is 0 Å². The molecule has 1 saturated carbocycles. The third-order valence-corrected chi connectivity index (χ3v) is 3.95. The Bertz CT molecular complexity index is 121. The first-order valence-electron chi connectivity index (χ1n) is 5.62. The monoisotopic (exact) mass is 168 g/mol. The molecular formula is C12H24. The van der Waals surface area contributed by atoms with Gasteiger partial charge in [0.05, 0.1) is 0 Å². The van der Waals surface area contributed by atoms with E-state index in [1.165, 1.54) is 32.1 Å². The molecular weight excluding hydrogens is 144 g/mol. The largest absolute Gasteiger partial charge is 0.0654 e. The van der Waals surface area contributed by atoms with Gasteiger partial charge in [-0.05, 0) is 23.7 Å². The summed E-state index contributed by atoms with van der Waals surface area (Å²) in [6.45, 7) is 9.56. The maximum Gasteiger partial charge on any atom is -0.0297 e. The molecule has 0 N–H and O–H groups in total. The third-order valence-electron chi connectivity index (χ3n) is 3.95. The highest BCUT2D eigenvalue weighted by atomic mass is 14.5. The minimum atomic E-state index is 0.659. The van der Waals surface area contributed by atoms with E-state index in [0.717, 1.165) is 11.8 Å². The zero-order chi connectivity index (χ0) is 9.19. The fourth-order valence-corrected chi connectivity index (χ4v) is 2.80. The van der Waals surface area contributed by atoms with Gasteiger partial charge in [0, 0.05) is 0 Å². The highest BCUT2D eigenvalue weighted by Gasteiger charge is 2.45. The first-order valence-corrected chi connectivity index (χ1v) is 5.62. The van der Waals surface area contributed by atoms with Gasteiger partial charge in [0.25, 0.3) is 0 Å². The quantitative estimate of drug-likeness (QED) is 0.588. The van der Waals surface area contributed by atoms with Crippen LogP contribution in [-0.4, -0.2) is 0 Å². The Kier molecular flexibility index (Phi) is 3.20. The molecule has 12 heavy (non-hydrogen) atoms. The lowest BCUT2D eigenvalue weighted by atomic mass is 9.52. The van der Waals surface area contributed by atoms with Crippen molar-refractivity contribution in [1.82, 2.24) is 0 Å². The second kappa shape index (κ2) is 3.81. The molecule has 1 aliphatic carbocycles.